The van der Waals surface area contributed by atoms with Gasteiger partial charge in [0.15, 0.2) is 0 Å². The van der Waals surface area contributed by atoms with Crippen LogP contribution >= 0.6 is 0 Å². The van der Waals surface area contributed by atoms with Crippen LogP contribution in [0.5, 0.6) is 5.75 Å². The molecule has 2 rings (SSSR count). The maximum atomic E-state index is 11.9. The summed E-state index contributed by atoms with van der Waals surface area (Å²) in [6.07, 6.45) is 1.63. The van der Waals surface area contributed by atoms with Crippen LogP contribution in [0.2, 0.25) is 0 Å². The third-order valence-corrected chi connectivity index (χ3v) is 3.11. The van der Waals surface area contributed by atoms with Crippen LogP contribution in [-0.4, -0.2) is 11.7 Å². The number of aryl methyl sites for hydroxylation is 1. The molecule has 0 atom stereocenters. The molecule has 1 heterocycles. The Balaban J connectivity index is 2.38. The number of nitrogens with two attached hydrogens (primary N) is 1. The zero-order valence-corrected chi connectivity index (χ0v) is 11.4. The number of hydrogen-bond donors (Lipinski definition) is 1. The summed E-state index contributed by atoms with van der Waals surface area (Å²) in [7, 11) is 1.51. The number of ether oxygens (including phenoxy) is 1. The van der Waals surface area contributed by atoms with Gasteiger partial charge in [0.1, 0.15) is 11.8 Å². The maximum absolute atomic E-state index is 11.9. The fourth-order valence-electron chi connectivity index (χ4n) is 1.93. The van der Waals surface area contributed by atoms with Crippen molar-refractivity contribution in [1.29, 1.82) is 5.26 Å². The molecule has 0 amide bonds. The Labute approximate surface area is 116 Å². The van der Waals surface area contributed by atoms with Gasteiger partial charge in [-0.3, -0.25) is 4.79 Å². The number of pyridine rings is 1. The van der Waals surface area contributed by atoms with E-state index in [-0.39, 0.29) is 5.56 Å². The molecule has 0 saturated heterocycles. The van der Waals surface area contributed by atoms with Crippen molar-refractivity contribution in [1.82, 2.24) is 4.57 Å². The molecule has 0 radical (unpaired) electrons. The highest BCUT2D eigenvalue weighted by Crippen LogP contribution is 2.19. The first kappa shape index (κ1) is 13.7. The second-order valence-corrected chi connectivity index (χ2v) is 4.52. The van der Waals surface area contributed by atoms with E-state index in [1.807, 2.05) is 0 Å². The zero-order chi connectivity index (χ0) is 14.7. The first-order valence-electron chi connectivity index (χ1n) is 6.08. The number of rotatable bonds is 3. The van der Waals surface area contributed by atoms with E-state index in [1.165, 1.54) is 17.7 Å². The fourth-order valence-corrected chi connectivity index (χ4v) is 1.93. The minimum Gasteiger partial charge on any atom is -0.495 e. The Morgan fingerprint density at radius 3 is 2.80 bits per heavy atom. The fraction of sp³-hybridized carbons (Fsp3) is 0.200. The van der Waals surface area contributed by atoms with Gasteiger partial charge < -0.3 is 15.0 Å². The van der Waals surface area contributed by atoms with Gasteiger partial charge in [-0.2, -0.15) is 5.26 Å². The Bertz CT molecular complexity index is 742. The molecule has 1 aromatic heterocycles. The molecule has 2 aromatic rings. The SMILES string of the molecule is COc1cc(Cn2cc(N)c(C)cc2=O)ccc1C#N. The molecule has 5 heteroatoms. The molecule has 0 spiro atoms. The third-order valence-electron chi connectivity index (χ3n) is 3.11. The average molecular weight is 269 g/mol. The summed E-state index contributed by atoms with van der Waals surface area (Å²) in [4.78, 5) is 11.9. The molecule has 0 fully saturated rings. The van der Waals surface area contributed by atoms with Gasteiger partial charge >= 0.3 is 0 Å². The molecule has 0 aliphatic carbocycles. The molecule has 1 aromatic carbocycles. The molecule has 2 N–H and O–H groups in total. The number of nitrogen functional groups attached to an aromatic ring is 1. The lowest BCUT2D eigenvalue weighted by Gasteiger charge is -2.10. The van der Waals surface area contributed by atoms with E-state index in [9.17, 15) is 4.79 Å². The van der Waals surface area contributed by atoms with Crippen molar-refractivity contribution < 1.29 is 4.74 Å². The van der Waals surface area contributed by atoms with Crippen molar-refractivity contribution in [2.45, 2.75) is 13.5 Å². The highest BCUT2D eigenvalue weighted by molar-refractivity contribution is 5.46. The number of methoxy groups -OCH3 is 1. The lowest BCUT2D eigenvalue weighted by atomic mass is 10.1. The smallest absolute Gasteiger partial charge is 0.251 e. The van der Waals surface area contributed by atoms with E-state index < -0.39 is 0 Å². The van der Waals surface area contributed by atoms with E-state index in [0.29, 0.717) is 23.5 Å². The molecule has 102 valence electrons. The van der Waals surface area contributed by atoms with Crippen LogP contribution in [-0.2, 0) is 6.54 Å². The first-order chi connectivity index (χ1) is 9.55. The number of nitriles is 1. The van der Waals surface area contributed by atoms with Crippen molar-refractivity contribution in [3.8, 4) is 11.8 Å². The van der Waals surface area contributed by atoms with Gasteiger partial charge in [-0.1, -0.05) is 6.07 Å². The minimum atomic E-state index is -0.111. The highest BCUT2D eigenvalue weighted by Gasteiger charge is 2.06. The van der Waals surface area contributed by atoms with E-state index >= 15 is 0 Å². The van der Waals surface area contributed by atoms with Crippen LogP contribution in [0.1, 0.15) is 16.7 Å². The summed E-state index contributed by atoms with van der Waals surface area (Å²) < 4.78 is 6.68. The topological polar surface area (TPSA) is 81.0 Å². The van der Waals surface area contributed by atoms with Crippen molar-refractivity contribution in [2.75, 3.05) is 12.8 Å². The molecular formula is C15H15N3O2. The summed E-state index contributed by atoms with van der Waals surface area (Å²) in [6.45, 7) is 2.18. The molecule has 0 aliphatic heterocycles. The first-order valence-corrected chi connectivity index (χ1v) is 6.08. The van der Waals surface area contributed by atoms with Crippen LogP contribution in [0.3, 0.4) is 0 Å². The Morgan fingerprint density at radius 1 is 1.40 bits per heavy atom. The van der Waals surface area contributed by atoms with Crippen LogP contribution in [0.15, 0.2) is 35.3 Å². The summed E-state index contributed by atoms with van der Waals surface area (Å²) in [6, 6.07) is 8.79. The summed E-state index contributed by atoms with van der Waals surface area (Å²) in [5.41, 5.74) is 8.38. The van der Waals surface area contributed by atoms with E-state index in [1.54, 1.807) is 31.3 Å². The van der Waals surface area contributed by atoms with Gasteiger partial charge in [0, 0.05) is 12.3 Å². The molecule has 20 heavy (non-hydrogen) atoms. The normalized spacial score (nSPS) is 10.1. The van der Waals surface area contributed by atoms with E-state index in [2.05, 4.69) is 6.07 Å². The van der Waals surface area contributed by atoms with Crippen molar-refractivity contribution in [3.63, 3.8) is 0 Å². The van der Waals surface area contributed by atoms with Crippen molar-refractivity contribution >= 4 is 5.69 Å². The number of nitrogens with zero attached hydrogens (tertiary/aromatic N) is 2. The molecular weight excluding hydrogens is 254 g/mol. The Hall–Kier alpha value is -2.74. The molecule has 0 saturated carbocycles. The van der Waals surface area contributed by atoms with Crippen LogP contribution < -0.4 is 16.0 Å². The van der Waals surface area contributed by atoms with E-state index in [0.717, 1.165) is 11.1 Å². The monoisotopic (exact) mass is 269 g/mol. The molecule has 0 unspecified atom stereocenters. The van der Waals surface area contributed by atoms with Crippen molar-refractivity contribution in [2.24, 2.45) is 0 Å². The van der Waals surface area contributed by atoms with Crippen LogP contribution in [0.4, 0.5) is 5.69 Å². The van der Waals surface area contributed by atoms with Gasteiger partial charge in [-0.25, -0.2) is 0 Å². The Morgan fingerprint density at radius 2 is 2.15 bits per heavy atom. The largest absolute Gasteiger partial charge is 0.495 e. The molecule has 0 aliphatic rings. The summed E-state index contributed by atoms with van der Waals surface area (Å²) in [5.74, 6) is 0.498. The Kier molecular flexibility index (Phi) is 3.76. The van der Waals surface area contributed by atoms with E-state index in [4.69, 9.17) is 15.7 Å². The second kappa shape index (κ2) is 5.49. The lowest BCUT2D eigenvalue weighted by Crippen LogP contribution is -2.20. The quantitative estimate of drug-likeness (QED) is 0.919. The predicted molar refractivity (Wildman–Crippen MR) is 76.7 cm³/mol. The number of anilines is 1. The predicted octanol–water partition coefficient (Wildman–Crippen LogP) is 1.67. The minimum absolute atomic E-state index is 0.111. The average Bonchev–Trinajstić information content (AvgIpc) is 2.44. The van der Waals surface area contributed by atoms with Crippen LogP contribution in [0.25, 0.3) is 0 Å². The number of aromatic nitrogens is 1. The van der Waals surface area contributed by atoms with Gasteiger partial charge in [0.2, 0.25) is 0 Å². The van der Waals surface area contributed by atoms with Gasteiger partial charge in [0.05, 0.1) is 24.9 Å². The van der Waals surface area contributed by atoms with Gasteiger partial charge in [-0.15, -0.1) is 0 Å². The number of benzene rings is 1. The number of hydrogen-bond acceptors (Lipinski definition) is 4. The third kappa shape index (κ3) is 2.64. The standard InChI is InChI=1S/C15H15N3O2/c1-10-5-15(19)18(9-13(10)17)8-11-3-4-12(7-16)14(6-11)20-2/h3-6,9H,8,17H2,1-2H3. The van der Waals surface area contributed by atoms with Crippen molar-refractivity contribution in [3.05, 3.63) is 57.5 Å². The lowest BCUT2D eigenvalue weighted by molar-refractivity contribution is 0.413. The second-order valence-electron chi connectivity index (χ2n) is 4.52. The van der Waals surface area contributed by atoms with Gasteiger partial charge in [-0.05, 0) is 30.2 Å². The van der Waals surface area contributed by atoms with Gasteiger partial charge in [0.25, 0.3) is 5.56 Å². The summed E-state index contributed by atoms with van der Waals surface area (Å²) in [5, 5.41) is 8.94. The van der Waals surface area contributed by atoms with Crippen LogP contribution in [0, 0.1) is 18.3 Å². The molecule has 0 bridgehead atoms. The highest BCUT2D eigenvalue weighted by atomic mass is 16.5. The summed E-state index contributed by atoms with van der Waals surface area (Å²) >= 11 is 0. The zero-order valence-electron chi connectivity index (χ0n) is 11.4. The maximum Gasteiger partial charge on any atom is 0.251 e. The molecule has 5 nitrogen and oxygen atoms in total.